The molecule has 0 radical (unpaired) electrons. The van der Waals surface area contributed by atoms with E-state index in [9.17, 15) is 14.9 Å². The highest BCUT2D eigenvalue weighted by atomic mass is 16.9. The van der Waals surface area contributed by atoms with Crippen molar-refractivity contribution in [1.29, 1.82) is 0 Å². The summed E-state index contributed by atoms with van der Waals surface area (Å²) in [7, 11) is 1.72. The van der Waals surface area contributed by atoms with Crippen LogP contribution in [0.4, 0.5) is 5.69 Å². The molecule has 2 saturated heterocycles. The molecule has 12 heteroatoms. The Morgan fingerprint density at radius 3 is 2.69 bits per heavy atom. The Bertz CT molecular complexity index is 1530. The summed E-state index contributed by atoms with van der Waals surface area (Å²) in [5.74, 6) is 1.65. The topological polar surface area (TPSA) is 125 Å². The summed E-state index contributed by atoms with van der Waals surface area (Å²) in [5, 5.41) is 13.2. The number of ether oxygens (including phenoxy) is 4. The van der Waals surface area contributed by atoms with E-state index < -0.39 is 5.09 Å². The number of hydrogen-bond acceptors (Lipinski definition) is 10. The number of amides is 1. The van der Waals surface area contributed by atoms with Crippen LogP contribution in [0.1, 0.15) is 52.2 Å². The van der Waals surface area contributed by atoms with E-state index in [-0.39, 0.29) is 30.6 Å². The van der Waals surface area contributed by atoms with Gasteiger partial charge in [0.2, 0.25) is 0 Å². The first-order valence-corrected chi connectivity index (χ1v) is 16.7. The molecule has 0 aromatic heterocycles. The molecule has 48 heavy (non-hydrogen) atoms. The smallest absolute Gasteiger partial charge is 0.294 e. The van der Waals surface area contributed by atoms with Gasteiger partial charge in [-0.25, -0.2) is 0 Å². The number of likely N-dealkylation sites (tertiary alicyclic amines) is 1. The first-order valence-electron chi connectivity index (χ1n) is 16.7. The van der Waals surface area contributed by atoms with Crippen LogP contribution in [0, 0.1) is 10.1 Å². The van der Waals surface area contributed by atoms with E-state index in [4.69, 9.17) is 18.9 Å². The predicted molar refractivity (Wildman–Crippen MR) is 179 cm³/mol. The SMILES string of the molecule is COCCCN1CCOc2ccc(COC3CN(C(=O)c4cccc(CO[N+](=O)[O-])c4)CCC3c3ccc(OC4CCNC4)cc3)cc21. The number of hydrogen-bond donors (Lipinski definition) is 1. The van der Waals surface area contributed by atoms with Crippen LogP contribution in [0.5, 0.6) is 11.5 Å². The van der Waals surface area contributed by atoms with Gasteiger partial charge in [-0.1, -0.05) is 30.3 Å². The van der Waals surface area contributed by atoms with Crippen LogP contribution in [0.25, 0.3) is 0 Å². The Morgan fingerprint density at radius 2 is 1.90 bits per heavy atom. The molecule has 3 aliphatic rings. The normalized spacial score (nSPS) is 20.6. The quantitative estimate of drug-likeness (QED) is 0.149. The zero-order valence-corrected chi connectivity index (χ0v) is 27.4. The van der Waals surface area contributed by atoms with E-state index in [0.29, 0.717) is 44.0 Å². The third kappa shape index (κ3) is 8.55. The third-order valence-corrected chi connectivity index (χ3v) is 9.21. The van der Waals surface area contributed by atoms with Gasteiger partial charge in [-0.05, 0) is 78.9 Å². The maximum atomic E-state index is 13.7. The number of nitrogens with one attached hydrogen (secondary N) is 1. The molecule has 3 aromatic rings. The molecule has 0 saturated carbocycles. The summed E-state index contributed by atoms with van der Waals surface area (Å²) < 4.78 is 24.1. The highest BCUT2D eigenvalue weighted by Gasteiger charge is 2.34. The number of benzene rings is 3. The summed E-state index contributed by atoms with van der Waals surface area (Å²) in [6.45, 7) is 6.01. The molecule has 6 rings (SSSR count). The van der Waals surface area contributed by atoms with Crippen LogP contribution in [0.3, 0.4) is 0 Å². The lowest BCUT2D eigenvalue weighted by Crippen LogP contribution is -2.46. The molecule has 1 amide bonds. The minimum Gasteiger partial charge on any atom is -0.490 e. The number of rotatable bonds is 14. The van der Waals surface area contributed by atoms with Crippen molar-refractivity contribution >= 4 is 11.6 Å². The molecule has 3 aromatic carbocycles. The van der Waals surface area contributed by atoms with Gasteiger partial charge >= 0.3 is 0 Å². The van der Waals surface area contributed by atoms with Gasteiger partial charge in [0.25, 0.3) is 11.0 Å². The van der Waals surface area contributed by atoms with Crippen LogP contribution < -0.4 is 19.7 Å². The van der Waals surface area contributed by atoms with Gasteiger partial charge in [0.1, 0.15) is 30.8 Å². The van der Waals surface area contributed by atoms with Gasteiger partial charge < -0.3 is 38.9 Å². The average molecular weight is 661 g/mol. The number of methoxy groups -OCH3 is 1. The lowest BCUT2D eigenvalue weighted by molar-refractivity contribution is -0.763. The van der Waals surface area contributed by atoms with E-state index in [2.05, 4.69) is 33.3 Å². The third-order valence-electron chi connectivity index (χ3n) is 9.21. The zero-order chi connectivity index (χ0) is 33.3. The lowest BCUT2D eigenvalue weighted by atomic mass is 9.86. The van der Waals surface area contributed by atoms with Crippen LogP contribution in [-0.2, 0) is 27.5 Å². The minimum absolute atomic E-state index is 0.0718. The minimum atomic E-state index is -0.833. The second-order valence-corrected chi connectivity index (χ2v) is 12.5. The largest absolute Gasteiger partial charge is 0.490 e. The van der Waals surface area contributed by atoms with E-state index in [1.807, 2.05) is 29.2 Å². The molecule has 256 valence electrons. The monoisotopic (exact) mass is 660 g/mol. The fraction of sp³-hybridized carbons (Fsp3) is 0.472. The molecule has 0 aliphatic carbocycles. The molecule has 3 unspecified atom stereocenters. The van der Waals surface area contributed by atoms with Gasteiger partial charge in [-0.3, -0.25) is 4.79 Å². The number of piperidine rings is 1. The maximum Gasteiger partial charge on any atom is 0.294 e. The predicted octanol–water partition coefficient (Wildman–Crippen LogP) is 4.59. The second-order valence-electron chi connectivity index (χ2n) is 12.5. The van der Waals surface area contributed by atoms with Crippen molar-refractivity contribution in [2.45, 2.75) is 50.6 Å². The van der Waals surface area contributed by atoms with Crippen molar-refractivity contribution in [2.24, 2.45) is 0 Å². The molecule has 3 atom stereocenters. The van der Waals surface area contributed by atoms with E-state index in [0.717, 1.165) is 73.8 Å². The Hall–Kier alpha value is -4.39. The van der Waals surface area contributed by atoms with Crippen LogP contribution in [-0.4, -0.2) is 87.7 Å². The summed E-state index contributed by atoms with van der Waals surface area (Å²) in [5.41, 5.74) is 4.26. The Kier molecular flexibility index (Phi) is 11.3. The van der Waals surface area contributed by atoms with Gasteiger partial charge in [0.15, 0.2) is 0 Å². The van der Waals surface area contributed by atoms with Gasteiger partial charge in [0.05, 0.1) is 24.9 Å². The highest BCUT2D eigenvalue weighted by molar-refractivity contribution is 5.94. The summed E-state index contributed by atoms with van der Waals surface area (Å²) in [6.07, 6.45) is 2.56. The number of carbonyl (C=O) groups excluding carboxylic acids is 1. The molecular weight excluding hydrogens is 616 g/mol. The van der Waals surface area contributed by atoms with Gasteiger partial charge in [-0.2, -0.15) is 0 Å². The number of carbonyl (C=O) groups is 1. The van der Waals surface area contributed by atoms with Crippen LogP contribution >= 0.6 is 0 Å². The molecule has 3 heterocycles. The number of anilines is 1. The van der Waals surface area contributed by atoms with Crippen molar-refractivity contribution in [3.8, 4) is 11.5 Å². The van der Waals surface area contributed by atoms with Crippen molar-refractivity contribution in [3.05, 3.63) is 99.1 Å². The summed E-state index contributed by atoms with van der Waals surface area (Å²) >= 11 is 0. The van der Waals surface area contributed by atoms with Crippen molar-refractivity contribution in [2.75, 3.05) is 64.5 Å². The fourth-order valence-corrected chi connectivity index (χ4v) is 6.71. The second kappa shape index (κ2) is 16.1. The summed E-state index contributed by atoms with van der Waals surface area (Å²) in [6, 6.07) is 21.3. The maximum absolute atomic E-state index is 13.7. The lowest BCUT2D eigenvalue weighted by Gasteiger charge is -2.39. The van der Waals surface area contributed by atoms with E-state index in [1.165, 1.54) is 0 Å². The number of nitrogens with zero attached hydrogens (tertiary/aromatic N) is 3. The first-order chi connectivity index (χ1) is 23.5. The molecule has 0 spiro atoms. The first kappa shape index (κ1) is 33.5. The van der Waals surface area contributed by atoms with E-state index in [1.54, 1.807) is 31.4 Å². The van der Waals surface area contributed by atoms with Gasteiger partial charge in [-0.15, -0.1) is 10.1 Å². The summed E-state index contributed by atoms with van der Waals surface area (Å²) in [4.78, 5) is 33.1. The molecule has 2 fully saturated rings. The van der Waals surface area contributed by atoms with Crippen LogP contribution in [0.15, 0.2) is 66.7 Å². The Balaban J connectivity index is 1.18. The number of fused-ring (bicyclic) bond motifs is 1. The molecule has 12 nitrogen and oxygen atoms in total. The van der Waals surface area contributed by atoms with E-state index >= 15 is 0 Å². The molecule has 1 N–H and O–H groups in total. The van der Waals surface area contributed by atoms with Crippen molar-refractivity contribution < 1.29 is 33.7 Å². The van der Waals surface area contributed by atoms with Crippen molar-refractivity contribution in [3.63, 3.8) is 0 Å². The fourth-order valence-electron chi connectivity index (χ4n) is 6.71. The van der Waals surface area contributed by atoms with Crippen LogP contribution in [0.2, 0.25) is 0 Å². The Labute approximate surface area is 281 Å². The Morgan fingerprint density at radius 1 is 1.04 bits per heavy atom. The molecule has 0 bridgehead atoms. The van der Waals surface area contributed by atoms with Crippen molar-refractivity contribution in [1.82, 2.24) is 10.2 Å². The average Bonchev–Trinajstić information content (AvgIpc) is 3.63. The molecular formula is C36H44N4O8. The standard InChI is InChI=1S/C36H44N4O8/c1-44-18-3-15-38-17-19-45-34-11-6-27(21-33(34)38)24-46-35-23-39(36(41)29-5-2-4-26(20-29)25-47-40(42)43)16-13-32(35)28-7-9-30(10-8-28)48-31-12-14-37-22-31/h2,4-11,20-21,31-32,35,37H,3,12-19,22-25H2,1H3. The zero-order valence-electron chi connectivity index (χ0n) is 27.4. The molecule has 3 aliphatic heterocycles. The van der Waals surface area contributed by atoms with Gasteiger partial charge in [0, 0.05) is 51.4 Å². The highest BCUT2D eigenvalue weighted by Crippen LogP contribution is 2.35.